The molecule has 7 heteroatoms. The fraction of sp³-hybridized carbons (Fsp3) is 0.500. The van der Waals surface area contributed by atoms with Gasteiger partial charge in [-0.15, -0.1) is 0 Å². The first-order chi connectivity index (χ1) is 10.1. The second-order valence-corrected chi connectivity index (χ2v) is 4.57. The van der Waals surface area contributed by atoms with E-state index in [9.17, 15) is 0 Å². The third-order valence-corrected chi connectivity index (χ3v) is 3.33. The summed E-state index contributed by atoms with van der Waals surface area (Å²) in [6.07, 6.45) is 2.47. The summed E-state index contributed by atoms with van der Waals surface area (Å²) in [4.78, 5) is 8.71. The monoisotopic (exact) mass is 291 g/mol. The summed E-state index contributed by atoms with van der Waals surface area (Å²) >= 11 is 0. The summed E-state index contributed by atoms with van der Waals surface area (Å²) in [5, 5.41) is 7.72. The molecule has 114 valence electrons. The SMILES string of the molecule is CCc1cc(C(NC)c2ncc(OC)nc2OC)n(C)n1. The standard InChI is InChI=1S/C14H21N5O2/c1-6-9-7-10(19(3)18-9)12(15-2)13-14(21-5)17-11(20-4)8-16-13/h7-8,12,15H,6H2,1-5H3. The lowest BCUT2D eigenvalue weighted by molar-refractivity contribution is 0.352. The summed E-state index contributed by atoms with van der Waals surface area (Å²) in [6, 6.07) is 1.91. The Balaban J connectivity index is 2.47. The quantitative estimate of drug-likeness (QED) is 0.859. The van der Waals surface area contributed by atoms with Gasteiger partial charge in [0.2, 0.25) is 11.8 Å². The lowest BCUT2D eigenvalue weighted by Crippen LogP contribution is -2.22. The number of aromatic nitrogens is 4. The predicted octanol–water partition coefficient (Wildman–Crippen LogP) is 1.10. The van der Waals surface area contributed by atoms with E-state index in [1.54, 1.807) is 20.4 Å². The van der Waals surface area contributed by atoms with Crippen molar-refractivity contribution in [2.24, 2.45) is 7.05 Å². The fourth-order valence-corrected chi connectivity index (χ4v) is 2.22. The molecule has 0 aliphatic heterocycles. The minimum Gasteiger partial charge on any atom is -0.480 e. The molecule has 0 saturated heterocycles. The second-order valence-electron chi connectivity index (χ2n) is 4.57. The Kier molecular flexibility index (Phi) is 4.74. The molecule has 1 atom stereocenters. The second kappa shape index (κ2) is 6.53. The van der Waals surface area contributed by atoms with E-state index in [2.05, 4.69) is 33.4 Å². The summed E-state index contributed by atoms with van der Waals surface area (Å²) in [5.74, 6) is 0.859. The first kappa shape index (κ1) is 15.2. The first-order valence-corrected chi connectivity index (χ1v) is 6.79. The molecule has 0 aliphatic carbocycles. The Labute approximate surface area is 124 Å². The number of rotatable bonds is 6. The van der Waals surface area contributed by atoms with Crippen molar-refractivity contribution < 1.29 is 9.47 Å². The van der Waals surface area contributed by atoms with E-state index in [1.165, 1.54) is 0 Å². The Hall–Kier alpha value is -2.15. The molecule has 2 heterocycles. The molecule has 1 unspecified atom stereocenters. The van der Waals surface area contributed by atoms with E-state index >= 15 is 0 Å². The van der Waals surface area contributed by atoms with Gasteiger partial charge < -0.3 is 14.8 Å². The van der Waals surface area contributed by atoms with Crippen molar-refractivity contribution in [2.45, 2.75) is 19.4 Å². The van der Waals surface area contributed by atoms with Crippen LogP contribution in [-0.2, 0) is 13.5 Å². The van der Waals surface area contributed by atoms with E-state index in [4.69, 9.17) is 9.47 Å². The molecule has 0 aromatic carbocycles. The highest BCUT2D eigenvalue weighted by Crippen LogP contribution is 2.28. The first-order valence-electron chi connectivity index (χ1n) is 6.79. The number of hydrogen-bond donors (Lipinski definition) is 1. The highest BCUT2D eigenvalue weighted by molar-refractivity contribution is 5.32. The van der Waals surface area contributed by atoms with Crippen molar-refractivity contribution in [3.63, 3.8) is 0 Å². The molecular formula is C14H21N5O2. The van der Waals surface area contributed by atoms with Gasteiger partial charge in [-0.05, 0) is 19.5 Å². The highest BCUT2D eigenvalue weighted by atomic mass is 16.5. The van der Waals surface area contributed by atoms with E-state index in [0.717, 1.165) is 17.8 Å². The molecule has 2 aromatic heterocycles. The van der Waals surface area contributed by atoms with Gasteiger partial charge in [0.1, 0.15) is 5.69 Å². The van der Waals surface area contributed by atoms with Crippen LogP contribution in [0.2, 0.25) is 0 Å². The summed E-state index contributed by atoms with van der Waals surface area (Å²) in [7, 11) is 6.91. The summed E-state index contributed by atoms with van der Waals surface area (Å²) in [6.45, 7) is 2.08. The van der Waals surface area contributed by atoms with Crippen LogP contribution >= 0.6 is 0 Å². The van der Waals surface area contributed by atoms with Crippen LogP contribution in [0.5, 0.6) is 11.8 Å². The minimum atomic E-state index is -0.156. The average molecular weight is 291 g/mol. The Bertz CT molecular complexity index is 611. The van der Waals surface area contributed by atoms with Gasteiger partial charge in [-0.1, -0.05) is 6.92 Å². The molecule has 1 N–H and O–H groups in total. The molecular weight excluding hydrogens is 270 g/mol. The van der Waals surface area contributed by atoms with Gasteiger partial charge in [0.05, 0.1) is 37.8 Å². The van der Waals surface area contributed by atoms with Crippen LogP contribution in [0.3, 0.4) is 0 Å². The Morgan fingerprint density at radius 3 is 2.62 bits per heavy atom. The topological polar surface area (TPSA) is 74.1 Å². The van der Waals surface area contributed by atoms with Gasteiger partial charge in [0.25, 0.3) is 0 Å². The molecule has 0 spiro atoms. The molecule has 2 rings (SSSR count). The van der Waals surface area contributed by atoms with Gasteiger partial charge in [0, 0.05) is 7.05 Å². The number of methoxy groups -OCH3 is 2. The zero-order chi connectivity index (χ0) is 15.4. The predicted molar refractivity (Wildman–Crippen MR) is 78.6 cm³/mol. The van der Waals surface area contributed by atoms with Crippen molar-refractivity contribution in [3.8, 4) is 11.8 Å². The highest BCUT2D eigenvalue weighted by Gasteiger charge is 2.23. The zero-order valence-electron chi connectivity index (χ0n) is 13.0. The largest absolute Gasteiger partial charge is 0.480 e. The molecule has 0 saturated carbocycles. The maximum atomic E-state index is 5.34. The van der Waals surface area contributed by atoms with E-state index < -0.39 is 0 Å². The molecule has 2 aromatic rings. The lowest BCUT2D eigenvalue weighted by atomic mass is 10.1. The number of aryl methyl sites for hydroxylation is 2. The summed E-state index contributed by atoms with van der Waals surface area (Å²) in [5.41, 5.74) is 2.74. The molecule has 0 bridgehead atoms. The summed E-state index contributed by atoms with van der Waals surface area (Å²) < 4.78 is 12.3. The third kappa shape index (κ3) is 2.97. The van der Waals surface area contributed by atoms with Gasteiger partial charge in [-0.3, -0.25) is 4.68 Å². The van der Waals surface area contributed by atoms with E-state index in [-0.39, 0.29) is 6.04 Å². The normalized spacial score (nSPS) is 12.2. The molecule has 0 radical (unpaired) electrons. The zero-order valence-corrected chi connectivity index (χ0v) is 13.0. The van der Waals surface area contributed by atoms with Crippen LogP contribution < -0.4 is 14.8 Å². The van der Waals surface area contributed by atoms with Gasteiger partial charge in [-0.25, -0.2) is 4.98 Å². The van der Waals surface area contributed by atoms with Gasteiger partial charge >= 0.3 is 0 Å². The number of nitrogens with zero attached hydrogens (tertiary/aromatic N) is 4. The van der Waals surface area contributed by atoms with Crippen molar-refractivity contribution in [1.29, 1.82) is 0 Å². The molecule has 0 aliphatic rings. The number of ether oxygens (including phenoxy) is 2. The molecule has 0 fully saturated rings. The smallest absolute Gasteiger partial charge is 0.240 e. The molecule has 7 nitrogen and oxygen atoms in total. The minimum absolute atomic E-state index is 0.156. The molecule has 21 heavy (non-hydrogen) atoms. The van der Waals surface area contributed by atoms with Crippen LogP contribution in [0.1, 0.15) is 30.0 Å². The Morgan fingerprint density at radius 1 is 1.33 bits per heavy atom. The van der Waals surface area contributed by atoms with Crippen molar-refractivity contribution in [3.05, 3.63) is 29.3 Å². The van der Waals surface area contributed by atoms with Gasteiger partial charge in [0.15, 0.2) is 0 Å². The van der Waals surface area contributed by atoms with Crippen LogP contribution in [0.25, 0.3) is 0 Å². The Morgan fingerprint density at radius 2 is 2.10 bits per heavy atom. The van der Waals surface area contributed by atoms with Gasteiger partial charge in [-0.2, -0.15) is 10.1 Å². The maximum Gasteiger partial charge on any atom is 0.240 e. The van der Waals surface area contributed by atoms with Crippen LogP contribution in [0.4, 0.5) is 0 Å². The molecule has 0 amide bonds. The maximum absolute atomic E-state index is 5.34. The van der Waals surface area contributed by atoms with Crippen molar-refractivity contribution in [1.82, 2.24) is 25.1 Å². The van der Waals surface area contributed by atoms with E-state index in [1.807, 2.05) is 18.8 Å². The number of hydrogen-bond acceptors (Lipinski definition) is 6. The third-order valence-electron chi connectivity index (χ3n) is 3.33. The van der Waals surface area contributed by atoms with Crippen LogP contribution in [0, 0.1) is 0 Å². The fourth-order valence-electron chi connectivity index (χ4n) is 2.22. The van der Waals surface area contributed by atoms with Crippen molar-refractivity contribution >= 4 is 0 Å². The lowest BCUT2D eigenvalue weighted by Gasteiger charge is -2.18. The van der Waals surface area contributed by atoms with Crippen molar-refractivity contribution in [2.75, 3.05) is 21.3 Å². The van der Waals surface area contributed by atoms with E-state index in [0.29, 0.717) is 17.5 Å². The average Bonchev–Trinajstić information content (AvgIpc) is 2.89. The number of nitrogens with one attached hydrogen (secondary N) is 1. The van der Waals surface area contributed by atoms with Crippen LogP contribution in [-0.4, -0.2) is 41.0 Å². The van der Waals surface area contributed by atoms with Crippen LogP contribution in [0.15, 0.2) is 12.3 Å².